The lowest BCUT2D eigenvalue weighted by atomic mass is 10.0. The number of amides is 2. The van der Waals surface area contributed by atoms with Crippen molar-refractivity contribution in [2.45, 2.75) is 0 Å². The summed E-state index contributed by atoms with van der Waals surface area (Å²) in [5.41, 5.74) is 6.91. The Morgan fingerprint density at radius 3 is 2.15 bits per heavy atom. The van der Waals surface area contributed by atoms with E-state index in [1.807, 2.05) is 18.2 Å². The van der Waals surface area contributed by atoms with Crippen molar-refractivity contribution in [1.29, 1.82) is 0 Å². The number of primary amides is 1. The predicted octanol–water partition coefficient (Wildman–Crippen LogP) is 5.11. The fourth-order valence-corrected chi connectivity index (χ4v) is 3.28. The van der Waals surface area contributed by atoms with Gasteiger partial charge in [0.1, 0.15) is 11.4 Å². The fraction of sp³-hybridized carbons (Fsp3) is 0. The number of nitrogens with zero attached hydrogens (tertiary/aromatic N) is 1. The minimum Gasteiger partial charge on any atom is -0.455 e. The number of ketones is 1. The molecule has 3 aromatic carbocycles. The smallest absolute Gasteiger partial charge is 0.274 e. The predicted molar refractivity (Wildman–Crippen MR) is 129 cm³/mol. The highest BCUT2D eigenvalue weighted by atomic mass is 35.5. The van der Waals surface area contributed by atoms with Gasteiger partial charge in [0.2, 0.25) is 5.91 Å². The number of aromatic nitrogens is 1. The Balaban J connectivity index is 1.51. The van der Waals surface area contributed by atoms with Crippen molar-refractivity contribution in [3.8, 4) is 11.5 Å². The molecule has 0 saturated carbocycles. The van der Waals surface area contributed by atoms with Crippen LogP contribution in [-0.4, -0.2) is 22.6 Å². The first-order chi connectivity index (χ1) is 16.4. The molecule has 3 N–H and O–H groups in total. The van der Waals surface area contributed by atoms with Gasteiger partial charge in [-0.2, -0.15) is 0 Å². The van der Waals surface area contributed by atoms with Crippen LogP contribution >= 0.6 is 11.6 Å². The van der Waals surface area contributed by atoms with E-state index >= 15 is 0 Å². The third-order valence-corrected chi connectivity index (χ3v) is 5.09. The summed E-state index contributed by atoms with van der Waals surface area (Å²) in [5, 5.41) is 3.10. The molecular weight excluding hydrogens is 454 g/mol. The second-order valence-electron chi connectivity index (χ2n) is 7.21. The number of anilines is 1. The molecule has 7 nitrogen and oxygen atoms in total. The van der Waals surface area contributed by atoms with Gasteiger partial charge in [-0.05, 0) is 54.6 Å². The maximum Gasteiger partial charge on any atom is 0.274 e. The molecule has 0 atom stereocenters. The Bertz CT molecular complexity index is 1360. The van der Waals surface area contributed by atoms with Crippen LogP contribution in [0.1, 0.15) is 36.8 Å². The highest BCUT2D eigenvalue weighted by Gasteiger charge is 2.14. The van der Waals surface area contributed by atoms with Crippen LogP contribution in [0, 0.1) is 0 Å². The first-order valence-corrected chi connectivity index (χ1v) is 10.5. The SMILES string of the molecule is NC(=O)c1ccc(C(=O)Nc2cc(Cl)ccc2Oc2ccc(C(=O)c3ccccc3)cc2)nc1. The highest BCUT2D eigenvalue weighted by Crippen LogP contribution is 2.32. The van der Waals surface area contributed by atoms with E-state index in [2.05, 4.69) is 10.3 Å². The van der Waals surface area contributed by atoms with Crippen molar-refractivity contribution >= 4 is 34.9 Å². The molecule has 1 heterocycles. The van der Waals surface area contributed by atoms with E-state index in [9.17, 15) is 14.4 Å². The maximum absolute atomic E-state index is 12.6. The second kappa shape index (κ2) is 9.97. The lowest BCUT2D eigenvalue weighted by molar-refractivity contribution is 0.0993. The molecule has 34 heavy (non-hydrogen) atoms. The number of nitrogens with two attached hydrogens (primary N) is 1. The Kier molecular flexibility index (Phi) is 6.66. The molecule has 8 heteroatoms. The zero-order valence-electron chi connectivity index (χ0n) is 17.7. The summed E-state index contributed by atoms with van der Waals surface area (Å²) in [6, 6.07) is 23.2. The van der Waals surface area contributed by atoms with E-state index in [1.54, 1.807) is 54.6 Å². The number of carbonyl (C=O) groups excluding carboxylic acids is 3. The summed E-state index contributed by atoms with van der Waals surface area (Å²) >= 11 is 6.11. The Morgan fingerprint density at radius 2 is 1.50 bits per heavy atom. The van der Waals surface area contributed by atoms with Crippen molar-refractivity contribution in [2.75, 3.05) is 5.32 Å². The first kappa shape index (κ1) is 22.7. The van der Waals surface area contributed by atoms with Crippen LogP contribution in [0.2, 0.25) is 5.02 Å². The van der Waals surface area contributed by atoms with Crippen molar-refractivity contribution in [3.63, 3.8) is 0 Å². The van der Waals surface area contributed by atoms with Crippen LogP contribution in [0.5, 0.6) is 11.5 Å². The maximum atomic E-state index is 12.6. The van der Waals surface area contributed by atoms with Crippen LogP contribution in [-0.2, 0) is 0 Å². The zero-order valence-corrected chi connectivity index (χ0v) is 18.5. The van der Waals surface area contributed by atoms with Crippen molar-refractivity contribution < 1.29 is 19.1 Å². The van der Waals surface area contributed by atoms with E-state index < -0.39 is 11.8 Å². The van der Waals surface area contributed by atoms with Gasteiger partial charge in [0, 0.05) is 22.3 Å². The molecule has 4 rings (SSSR count). The average Bonchev–Trinajstić information content (AvgIpc) is 2.86. The molecule has 2 amide bonds. The summed E-state index contributed by atoms with van der Waals surface area (Å²) in [4.78, 5) is 40.4. The monoisotopic (exact) mass is 471 g/mol. The molecule has 0 aliphatic carbocycles. The third-order valence-electron chi connectivity index (χ3n) is 4.85. The quantitative estimate of drug-likeness (QED) is 0.364. The van der Waals surface area contributed by atoms with Gasteiger partial charge in [-0.1, -0.05) is 41.9 Å². The first-order valence-electron chi connectivity index (χ1n) is 10.1. The normalized spacial score (nSPS) is 10.4. The molecule has 0 bridgehead atoms. The molecule has 0 radical (unpaired) electrons. The molecule has 0 saturated heterocycles. The molecule has 0 unspecified atom stereocenters. The second-order valence-corrected chi connectivity index (χ2v) is 7.65. The number of rotatable bonds is 7. The van der Waals surface area contributed by atoms with Gasteiger partial charge in [-0.25, -0.2) is 0 Å². The highest BCUT2D eigenvalue weighted by molar-refractivity contribution is 6.31. The zero-order chi connectivity index (χ0) is 24.1. The van der Waals surface area contributed by atoms with Gasteiger partial charge in [0.25, 0.3) is 5.91 Å². The Hall–Kier alpha value is -4.49. The standard InChI is InChI=1S/C26H18ClN3O4/c27-19-9-13-23(22(14-19)30-26(33)21-12-8-18(15-29-21)25(28)32)34-20-10-6-17(7-11-20)24(31)16-4-2-1-3-5-16/h1-15H,(H2,28,32)(H,30,33). The number of halogens is 1. The van der Waals surface area contributed by atoms with Crippen molar-refractivity contribution in [1.82, 2.24) is 4.98 Å². The number of carbonyl (C=O) groups is 3. The van der Waals surface area contributed by atoms with E-state index in [1.165, 1.54) is 18.3 Å². The van der Waals surface area contributed by atoms with Gasteiger partial charge < -0.3 is 15.8 Å². The van der Waals surface area contributed by atoms with Crippen LogP contribution in [0.15, 0.2) is 91.1 Å². The van der Waals surface area contributed by atoms with E-state index in [0.29, 0.717) is 33.3 Å². The summed E-state index contributed by atoms with van der Waals surface area (Å²) in [7, 11) is 0. The third kappa shape index (κ3) is 5.28. The van der Waals surface area contributed by atoms with Gasteiger partial charge in [-0.15, -0.1) is 0 Å². The lowest BCUT2D eigenvalue weighted by Crippen LogP contribution is -2.16. The summed E-state index contributed by atoms with van der Waals surface area (Å²) in [5.74, 6) is -0.449. The molecule has 0 spiro atoms. The Labute approximate surface area is 200 Å². The summed E-state index contributed by atoms with van der Waals surface area (Å²) < 4.78 is 5.93. The fourth-order valence-electron chi connectivity index (χ4n) is 3.11. The molecular formula is C26H18ClN3O4. The van der Waals surface area contributed by atoms with Crippen molar-refractivity contribution in [2.24, 2.45) is 5.73 Å². The lowest BCUT2D eigenvalue weighted by Gasteiger charge is -2.13. The van der Waals surface area contributed by atoms with Gasteiger partial charge in [0.05, 0.1) is 11.3 Å². The number of nitrogens with one attached hydrogen (secondary N) is 1. The van der Waals surface area contributed by atoms with Gasteiger partial charge >= 0.3 is 0 Å². The number of benzene rings is 3. The summed E-state index contributed by atoms with van der Waals surface area (Å²) in [6.45, 7) is 0. The van der Waals surface area contributed by atoms with E-state index in [0.717, 1.165) is 0 Å². The van der Waals surface area contributed by atoms with Crippen LogP contribution < -0.4 is 15.8 Å². The van der Waals surface area contributed by atoms with E-state index in [-0.39, 0.29) is 17.0 Å². The summed E-state index contributed by atoms with van der Waals surface area (Å²) in [6.07, 6.45) is 1.23. The molecule has 168 valence electrons. The Morgan fingerprint density at radius 1 is 0.824 bits per heavy atom. The number of ether oxygens (including phenoxy) is 1. The van der Waals surface area contributed by atoms with Crippen LogP contribution in [0.3, 0.4) is 0 Å². The largest absolute Gasteiger partial charge is 0.455 e. The number of hydrogen-bond acceptors (Lipinski definition) is 5. The molecule has 1 aromatic heterocycles. The topological polar surface area (TPSA) is 111 Å². The minimum atomic E-state index is -0.638. The molecule has 0 aliphatic heterocycles. The van der Waals surface area contributed by atoms with Crippen LogP contribution in [0.4, 0.5) is 5.69 Å². The molecule has 0 fully saturated rings. The minimum absolute atomic E-state index is 0.0831. The average molecular weight is 472 g/mol. The molecule has 0 aliphatic rings. The number of hydrogen-bond donors (Lipinski definition) is 2. The van der Waals surface area contributed by atoms with E-state index in [4.69, 9.17) is 22.1 Å². The van der Waals surface area contributed by atoms with Gasteiger partial charge in [0.15, 0.2) is 11.5 Å². The van der Waals surface area contributed by atoms with Crippen LogP contribution in [0.25, 0.3) is 0 Å². The van der Waals surface area contributed by atoms with Gasteiger partial charge in [-0.3, -0.25) is 19.4 Å². The number of pyridine rings is 1. The van der Waals surface area contributed by atoms with Crippen molar-refractivity contribution in [3.05, 3.63) is 119 Å². The molecule has 4 aromatic rings.